The molecule has 0 radical (unpaired) electrons. The molecule has 2 atom stereocenters. The number of hydrogen-bond donors (Lipinski definition) is 2. The number of amides is 1. The van der Waals surface area contributed by atoms with Crippen molar-refractivity contribution in [2.45, 2.75) is 19.1 Å². The van der Waals surface area contributed by atoms with E-state index >= 15 is 0 Å². The Balaban J connectivity index is 1.68. The van der Waals surface area contributed by atoms with E-state index in [4.69, 9.17) is 4.74 Å². The second-order valence-electron chi connectivity index (χ2n) is 5.73. The molecule has 2 N–H and O–H groups in total. The lowest BCUT2D eigenvalue weighted by Gasteiger charge is -2.30. The zero-order chi connectivity index (χ0) is 15.9. The molecule has 1 fully saturated rings. The van der Waals surface area contributed by atoms with Crippen molar-refractivity contribution in [1.82, 2.24) is 15.5 Å². The van der Waals surface area contributed by atoms with E-state index in [0.717, 1.165) is 25.3 Å². The molecule has 22 heavy (non-hydrogen) atoms. The average molecular weight is 309 g/mol. The van der Waals surface area contributed by atoms with Gasteiger partial charge in [0.15, 0.2) is 0 Å². The molecule has 1 aromatic carbocycles. The largest absolute Gasteiger partial charge is 0.374 e. The first-order valence-corrected chi connectivity index (χ1v) is 7.60. The molecule has 1 amide bonds. The second kappa shape index (κ2) is 8.22. The molecule has 0 spiro atoms. The number of ether oxygens (including phenoxy) is 1. The number of likely N-dealkylation sites (N-methyl/N-ethyl adjacent to an activating group) is 1. The fraction of sp³-hybridized carbons (Fsp3) is 0.562. The Morgan fingerprint density at radius 2 is 2.18 bits per heavy atom. The Morgan fingerprint density at radius 3 is 2.86 bits per heavy atom. The Bertz CT molecular complexity index is 481. The van der Waals surface area contributed by atoms with E-state index < -0.39 is 0 Å². The van der Waals surface area contributed by atoms with Crippen LogP contribution in [0.25, 0.3) is 0 Å². The first-order chi connectivity index (χ1) is 10.5. The van der Waals surface area contributed by atoms with Gasteiger partial charge in [0, 0.05) is 19.6 Å². The summed E-state index contributed by atoms with van der Waals surface area (Å²) in [5.74, 6) is -0.359. The third-order valence-corrected chi connectivity index (χ3v) is 3.75. The van der Waals surface area contributed by atoms with Gasteiger partial charge in [-0.3, -0.25) is 4.79 Å². The van der Waals surface area contributed by atoms with Crippen molar-refractivity contribution in [2.24, 2.45) is 0 Å². The normalized spacial score (nSPS) is 20.6. The third kappa shape index (κ3) is 5.36. The van der Waals surface area contributed by atoms with Gasteiger partial charge in [0.05, 0.1) is 25.3 Å². The first-order valence-electron chi connectivity index (χ1n) is 7.60. The minimum Gasteiger partial charge on any atom is -0.374 e. The SMILES string of the molecule is C[C@H](NC(=O)CNC[C@@H]1CN(C)CCO1)c1ccc(F)cc1. The van der Waals surface area contributed by atoms with Gasteiger partial charge in [0.1, 0.15) is 5.82 Å². The quantitative estimate of drug-likeness (QED) is 0.821. The Morgan fingerprint density at radius 1 is 1.45 bits per heavy atom. The van der Waals surface area contributed by atoms with E-state index in [1.54, 1.807) is 12.1 Å². The molecule has 0 saturated carbocycles. The van der Waals surface area contributed by atoms with Gasteiger partial charge < -0.3 is 20.3 Å². The lowest BCUT2D eigenvalue weighted by molar-refractivity contribution is -0.121. The van der Waals surface area contributed by atoms with Crippen molar-refractivity contribution in [3.05, 3.63) is 35.6 Å². The molecule has 122 valence electrons. The predicted octanol–water partition coefficient (Wildman–Crippen LogP) is 0.923. The molecule has 0 unspecified atom stereocenters. The Labute approximate surface area is 130 Å². The van der Waals surface area contributed by atoms with Crippen molar-refractivity contribution in [3.8, 4) is 0 Å². The van der Waals surface area contributed by atoms with Crippen LogP contribution in [0.3, 0.4) is 0 Å². The number of nitrogens with zero attached hydrogens (tertiary/aromatic N) is 1. The van der Waals surface area contributed by atoms with Crippen molar-refractivity contribution in [1.29, 1.82) is 0 Å². The van der Waals surface area contributed by atoms with Crippen molar-refractivity contribution < 1.29 is 13.9 Å². The first kappa shape index (κ1) is 16.9. The summed E-state index contributed by atoms with van der Waals surface area (Å²) in [5.41, 5.74) is 0.881. The maximum atomic E-state index is 12.9. The van der Waals surface area contributed by atoms with Crippen LogP contribution in [-0.2, 0) is 9.53 Å². The number of hydrogen-bond acceptors (Lipinski definition) is 4. The predicted molar refractivity (Wildman–Crippen MR) is 83.1 cm³/mol. The molecule has 0 aromatic heterocycles. The van der Waals surface area contributed by atoms with Gasteiger partial charge in [-0.2, -0.15) is 0 Å². The molecule has 1 aromatic rings. The Kier molecular flexibility index (Phi) is 6.30. The van der Waals surface area contributed by atoms with Gasteiger partial charge >= 0.3 is 0 Å². The molecule has 2 rings (SSSR count). The lowest BCUT2D eigenvalue weighted by Crippen LogP contribution is -2.46. The molecular formula is C16H24FN3O2. The molecule has 5 nitrogen and oxygen atoms in total. The molecule has 0 aliphatic carbocycles. The minimum atomic E-state index is -0.276. The summed E-state index contributed by atoms with van der Waals surface area (Å²) < 4.78 is 18.5. The van der Waals surface area contributed by atoms with Gasteiger partial charge in [0.25, 0.3) is 0 Å². The van der Waals surface area contributed by atoms with Gasteiger partial charge in [-0.15, -0.1) is 0 Å². The van der Waals surface area contributed by atoms with Crippen LogP contribution >= 0.6 is 0 Å². The van der Waals surface area contributed by atoms with Crippen LogP contribution in [0.5, 0.6) is 0 Å². The van der Waals surface area contributed by atoms with Crippen LogP contribution in [0.2, 0.25) is 0 Å². The van der Waals surface area contributed by atoms with Crippen molar-refractivity contribution in [2.75, 3.05) is 39.8 Å². The summed E-state index contributed by atoms with van der Waals surface area (Å²) >= 11 is 0. The summed E-state index contributed by atoms with van der Waals surface area (Å²) in [6.07, 6.45) is 0.126. The second-order valence-corrected chi connectivity index (χ2v) is 5.73. The summed E-state index contributed by atoms with van der Waals surface area (Å²) in [4.78, 5) is 14.1. The molecular weight excluding hydrogens is 285 g/mol. The van der Waals surface area contributed by atoms with E-state index in [2.05, 4.69) is 22.6 Å². The fourth-order valence-corrected chi connectivity index (χ4v) is 2.46. The van der Waals surface area contributed by atoms with E-state index in [0.29, 0.717) is 6.54 Å². The van der Waals surface area contributed by atoms with E-state index in [-0.39, 0.29) is 30.4 Å². The highest BCUT2D eigenvalue weighted by atomic mass is 19.1. The van der Waals surface area contributed by atoms with Gasteiger partial charge in [-0.05, 0) is 31.7 Å². The lowest BCUT2D eigenvalue weighted by atomic mass is 10.1. The standard InChI is InChI=1S/C16H24FN3O2/c1-12(13-3-5-14(17)6-4-13)19-16(21)10-18-9-15-11-20(2)7-8-22-15/h3-6,12,15,18H,7-11H2,1-2H3,(H,19,21)/t12-,15+/m0/s1. The fourth-order valence-electron chi connectivity index (χ4n) is 2.46. The van der Waals surface area contributed by atoms with Crippen molar-refractivity contribution in [3.63, 3.8) is 0 Å². The molecule has 0 bridgehead atoms. The number of nitrogens with one attached hydrogen (secondary N) is 2. The monoisotopic (exact) mass is 309 g/mol. The molecule has 6 heteroatoms. The third-order valence-electron chi connectivity index (χ3n) is 3.75. The number of benzene rings is 1. The molecule has 1 saturated heterocycles. The van der Waals surface area contributed by atoms with E-state index in [9.17, 15) is 9.18 Å². The van der Waals surface area contributed by atoms with E-state index in [1.807, 2.05) is 6.92 Å². The topological polar surface area (TPSA) is 53.6 Å². The molecule has 1 heterocycles. The van der Waals surface area contributed by atoms with Crippen LogP contribution < -0.4 is 10.6 Å². The van der Waals surface area contributed by atoms with Gasteiger partial charge in [-0.25, -0.2) is 4.39 Å². The Hall–Kier alpha value is -1.50. The maximum absolute atomic E-state index is 12.9. The highest BCUT2D eigenvalue weighted by Crippen LogP contribution is 2.12. The number of morpholine rings is 1. The van der Waals surface area contributed by atoms with E-state index in [1.165, 1.54) is 12.1 Å². The highest BCUT2D eigenvalue weighted by Gasteiger charge is 2.17. The van der Waals surface area contributed by atoms with Gasteiger partial charge in [0.2, 0.25) is 5.91 Å². The molecule has 1 aliphatic heterocycles. The van der Waals surface area contributed by atoms with Gasteiger partial charge in [-0.1, -0.05) is 12.1 Å². The zero-order valence-corrected chi connectivity index (χ0v) is 13.1. The smallest absolute Gasteiger partial charge is 0.234 e. The summed E-state index contributed by atoms with van der Waals surface area (Å²) in [6.45, 7) is 5.34. The van der Waals surface area contributed by atoms with Crippen molar-refractivity contribution >= 4 is 5.91 Å². The average Bonchev–Trinajstić information content (AvgIpc) is 2.48. The number of carbonyl (C=O) groups is 1. The van der Waals surface area contributed by atoms with Crippen LogP contribution in [0.1, 0.15) is 18.5 Å². The maximum Gasteiger partial charge on any atom is 0.234 e. The molecule has 1 aliphatic rings. The summed E-state index contributed by atoms with van der Waals surface area (Å²) in [6, 6.07) is 6.01. The summed E-state index contributed by atoms with van der Waals surface area (Å²) in [7, 11) is 2.06. The highest BCUT2D eigenvalue weighted by molar-refractivity contribution is 5.78. The van der Waals surface area contributed by atoms with Crippen LogP contribution in [0.4, 0.5) is 4.39 Å². The number of halogens is 1. The number of rotatable bonds is 6. The zero-order valence-electron chi connectivity index (χ0n) is 13.1. The van der Waals surface area contributed by atoms with Crippen LogP contribution in [-0.4, -0.2) is 56.7 Å². The summed E-state index contributed by atoms with van der Waals surface area (Å²) in [5, 5.41) is 6.00. The minimum absolute atomic E-state index is 0.0824. The van der Waals surface area contributed by atoms with Crippen LogP contribution in [0, 0.1) is 5.82 Å². The number of carbonyl (C=O) groups excluding carboxylic acids is 1. The van der Waals surface area contributed by atoms with Crippen LogP contribution in [0.15, 0.2) is 24.3 Å².